The number of nitrogens with two attached hydrogens (primary N) is 1. The molecular weight excluding hydrogens is 198 g/mol. The van der Waals surface area contributed by atoms with E-state index in [4.69, 9.17) is 5.73 Å². The Morgan fingerprint density at radius 1 is 1.00 bits per heavy atom. The number of rotatable bonds is 2. The van der Waals surface area contributed by atoms with Crippen LogP contribution >= 0.6 is 0 Å². The van der Waals surface area contributed by atoms with Gasteiger partial charge in [0.2, 0.25) is 0 Å². The number of anilines is 1. The summed E-state index contributed by atoms with van der Waals surface area (Å²) in [5.74, 6) is 0. The fraction of sp³-hybridized carbons (Fsp3) is 0.0714. The number of hydrogen-bond acceptors (Lipinski definition) is 2. The third kappa shape index (κ3) is 1.70. The van der Waals surface area contributed by atoms with Crippen LogP contribution in [0.5, 0.6) is 0 Å². The minimum Gasteiger partial charge on any atom is -0.398 e. The van der Waals surface area contributed by atoms with Crippen LogP contribution in [-0.4, -0.2) is 6.29 Å². The topological polar surface area (TPSA) is 43.1 Å². The van der Waals surface area contributed by atoms with Gasteiger partial charge in [0, 0.05) is 16.8 Å². The van der Waals surface area contributed by atoms with Gasteiger partial charge in [-0.2, -0.15) is 0 Å². The summed E-state index contributed by atoms with van der Waals surface area (Å²) in [5, 5.41) is 0. The number of nitrogen functional groups attached to an aromatic ring is 1. The highest BCUT2D eigenvalue weighted by molar-refractivity contribution is 5.91. The number of carbonyl (C=O) groups excluding carboxylic acids is 1. The monoisotopic (exact) mass is 211 g/mol. The number of hydrogen-bond donors (Lipinski definition) is 1. The molecule has 0 aliphatic carbocycles. The molecule has 0 spiro atoms. The maximum atomic E-state index is 11.0. The zero-order chi connectivity index (χ0) is 11.5. The Bertz CT molecular complexity index is 532. The summed E-state index contributed by atoms with van der Waals surface area (Å²) >= 11 is 0. The van der Waals surface area contributed by atoms with E-state index in [9.17, 15) is 4.79 Å². The van der Waals surface area contributed by atoms with Gasteiger partial charge >= 0.3 is 0 Å². The average Bonchev–Trinajstić information content (AvgIpc) is 2.33. The molecule has 2 rings (SSSR count). The van der Waals surface area contributed by atoms with Gasteiger partial charge in [0.1, 0.15) is 0 Å². The fourth-order valence-electron chi connectivity index (χ4n) is 1.76. The van der Waals surface area contributed by atoms with Gasteiger partial charge in [0.15, 0.2) is 6.29 Å². The Kier molecular flexibility index (Phi) is 2.73. The SMILES string of the molecule is Cc1cccc(-c2ccccc2C=O)c1N. The van der Waals surface area contributed by atoms with Crippen molar-refractivity contribution in [1.82, 2.24) is 0 Å². The molecule has 0 amide bonds. The fourth-order valence-corrected chi connectivity index (χ4v) is 1.76. The second-order valence-corrected chi connectivity index (χ2v) is 3.74. The molecule has 0 saturated carbocycles. The molecule has 0 aliphatic rings. The molecule has 0 aliphatic heterocycles. The minimum absolute atomic E-state index is 0.666. The summed E-state index contributed by atoms with van der Waals surface area (Å²) in [6, 6.07) is 13.3. The third-order valence-corrected chi connectivity index (χ3v) is 2.70. The molecule has 2 N–H and O–H groups in total. The van der Waals surface area contributed by atoms with Crippen molar-refractivity contribution in [3.63, 3.8) is 0 Å². The van der Waals surface area contributed by atoms with E-state index in [1.807, 2.05) is 43.3 Å². The summed E-state index contributed by atoms with van der Waals surface area (Å²) < 4.78 is 0. The normalized spacial score (nSPS) is 10.1. The molecule has 0 atom stereocenters. The lowest BCUT2D eigenvalue weighted by Crippen LogP contribution is -1.95. The number of para-hydroxylation sites is 1. The highest BCUT2D eigenvalue weighted by atomic mass is 16.1. The molecule has 0 aromatic heterocycles. The third-order valence-electron chi connectivity index (χ3n) is 2.70. The molecule has 16 heavy (non-hydrogen) atoms. The molecular formula is C14H13NO. The molecule has 0 radical (unpaired) electrons. The summed E-state index contributed by atoms with van der Waals surface area (Å²) in [7, 11) is 0. The van der Waals surface area contributed by atoms with Gasteiger partial charge in [-0.1, -0.05) is 42.5 Å². The molecule has 2 heteroatoms. The maximum absolute atomic E-state index is 11.0. The quantitative estimate of drug-likeness (QED) is 0.612. The highest BCUT2D eigenvalue weighted by Gasteiger charge is 2.07. The average molecular weight is 211 g/mol. The maximum Gasteiger partial charge on any atom is 0.150 e. The lowest BCUT2D eigenvalue weighted by atomic mass is 9.97. The lowest BCUT2D eigenvalue weighted by Gasteiger charge is -2.10. The van der Waals surface area contributed by atoms with Gasteiger partial charge in [-0.05, 0) is 18.1 Å². The minimum atomic E-state index is 0.666. The molecule has 2 nitrogen and oxygen atoms in total. The Morgan fingerprint density at radius 3 is 2.44 bits per heavy atom. The second kappa shape index (κ2) is 4.19. The molecule has 2 aromatic carbocycles. The van der Waals surface area contributed by atoms with Crippen molar-refractivity contribution in [2.45, 2.75) is 6.92 Å². The smallest absolute Gasteiger partial charge is 0.150 e. The predicted molar refractivity (Wildman–Crippen MR) is 66.4 cm³/mol. The molecule has 0 fully saturated rings. The van der Waals surface area contributed by atoms with Gasteiger partial charge in [-0.25, -0.2) is 0 Å². The standard InChI is InChI=1S/C14H13NO/c1-10-5-4-8-13(14(10)15)12-7-3-2-6-11(12)9-16/h2-9H,15H2,1H3. The number of aryl methyl sites for hydroxylation is 1. The molecule has 0 heterocycles. The molecule has 2 aromatic rings. The summed E-state index contributed by atoms with van der Waals surface area (Å²) in [6.45, 7) is 1.96. The van der Waals surface area contributed by atoms with E-state index in [0.29, 0.717) is 5.56 Å². The Labute approximate surface area is 94.7 Å². The summed E-state index contributed by atoms with van der Waals surface area (Å²) in [5.41, 5.74) is 10.3. The van der Waals surface area contributed by atoms with Crippen molar-refractivity contribution in [2.24, 2.45) is 0 Å². The lowest BCUT2D eigenvalue weighted by molar-refractivity contribution is 0.112. The van der Waals surface area contributed by atoms with Crippen molar-refractivity contribution in [2.75, 3.05) is 5.73 Å². The number of benzene rings is 2. The predicted octanol–water partition coefficient (Wildman–Crippen LogP) is 3.06. The van der Waals surface area contributed by atoms with Crippen LogP contribution in [0.1, 0.15) is 15.9 Å². The van der Waals surface area contributed by atoms with E-state index >= 15 is 0 Å². The van der Waals surface area contributed by atoms with Crippen molar-refractivity contribution in [1.29, 1.82) is 0 Å². The van der Waals surface area contributed by atoms with Gasteiger partial charge < -0.3 is 5.73 Å². The summed E-state index contributed by atoms with van der Waals surface area (Å²) in [6.07, 6.45) is 0.858. The van der Waals surface area contributed by atoms with Gasteiger partial charge in [-0.3, -0.25) is 4.79 Å². The van der Waals surface area contributed by atoms with E-state index < -0.39 is 0 Å². The van der Waals surface area contributed by atoms with E-state index in [1.54, 1.807) is 6.07 Å². The van der Waals surface area contributed by atoms with E-state index in [-0.39, 0.29) is 0 Å². The van der Waals surface area contributed by atoms with Crippen molar-refractivity contribution in [3.8, 4) is 11.1 Å². The largest absolute Gasteiger partial charge is 0.398 e. The van der Waals surface area contributed by atoms with Crippen LogP contribution in [0.2, 0.25) is 0 Å². The van der Waals surface area contributed by atoms with Crippen LogP contribution in [0.3, 0.4) is 0 Å². The van der Waals surface area contributed by atoms with Crippen LogP contribution in [0, 0.1) is 6.92 Å². The van der Waals surface area contributed by atoms with Gasteiger partial charge in [0.05, 0.1) is 0 Å². The number of carbonyl (C=O) groups is 1. The zero-order valence-electron chi connectivity index (χ0n) is 9.10. The number of aldehydes is 1. The first-order valence-corrected chi connectivity index (χ1v) is 5.13. The Balaban J connectivity index is 2.67. The van der Waals surface area contributed by atoms with Crippen molar-refractivity contribution < 1.29 is 4.79 Å². The van der Waals surface area contributed by atoms with E-state index in [1.165, 1.54) is 0 Å². The first-order valence-electron chi connectivity index (χ1n) is 5.13. The van der Waals surface area contributed by atoms with Crippen LogP contribution in [-0.2, 0) is 0 Å². The molecule has 0 saturated heterocycles. The van der Waals surface area contributed by atoms with Gasteiger partial charge in [0.25, 0.3) is 0 Å². The van der Waals surface area contributed by atoms with Crippen LogP contribution < -0.4 is 5.73 Å². The molecule has 80 valence electrons. The van der Waals surface area contributed by atoms with Gasteiger partial charge in [-0.15, -0.1) is 0 Å². The summed E-state index contributed by atoms with van der Waals surface area (Å²) in [4.78, 5) is 11.0. The zero-order valence-corrected chi connectivity index (χ0v) is 9.10. The Hall–Kier alpha value is -2.09. The molecule has 0 unspecified atom stereocenters. The first-order chi connectivity index (χ1) is 7.74. The van der Waals surface area contributed by atoms with Crippen LogP contribution in [0.4, 0.5) is 5.69 Å². The molecule has 0 bridgehead atoms. The van der Waals surface area contributed by atoms with Crippen LogP contribution in [0.15, 0.2) is 42.5 Å². The van der Waals surface area contributed by atoms with E-state index in [2.05, 4.69) is 0 Å². The van der Waals surface area contributed by atoms with E-state index in [0.717, 1.165) is 28.7 Å². The van der Waals surface area contributed by atoms with Crippen molar-refractivity contribution in [3.05, 3.63) is 53.6 Å². The van der Waals surface area contributed by atoms with Crippen molar-refractivity contribution >= 4 is 12.0 Å². The second-order valence-electron chi connectivity index (χ2n) is 3.74. The highest BCUT2D eigenvalue weighted by Crippen LogP contribution is 2.29. The Morgan fingerprint density at radius 2 is 1.69 bits per heavy atom. The first kappa shape index (κ1) is 10.4. The van der Waals surface area contributed by atoms with Crippen LogP contribution in [0.25, 0.3) is 11.1 Å².